The number of hydrogen-bond donors (Lipinski definition) is 2. The number of imidazole rings is 1. The molecule has 1 aromatic carbocycles. The van der Waals surface area contributed by atoms with E-state index in [9.17, 15) is 8.42 Å². The summed E-state index contributed by atoms with van der Waals surface area (Å²) < 4.78 is 29.7. The lowest BCUT2D eigenvalue weighted by Gasteiger charge is -2.06. The van der Waals surface area contributed by atoms with E-state index >= 15 is 0 Å². The molecular formula is C15H19N5O4S. The largest absolute Gasteiger partial charge is 0.471 e. The Balaban J connectivity index is 0.000000511. The first-order valence-electron chi connectivity index (χ1n) is 7.11. The number of aryl methyl sites for hydroxylation is 1. The summed E-state index contributed by atoms with van der Waals surface area (Å²) in [6, 6.07) is 7.38. The Bertz CT molecular complexity index is 1020. The Kier molecular flexibility index (Phi) is 5.14. The molecule has 3 aromatic rings. The van der Waals surface area contributed by atoms with Crippen molar-refractivity contribution in [3.8, 4) is 11.1 Å². The van der Waals surface area contributed by atoms with Crippen LogP contribution in [0.15, 0.2) is 30.5 Å². The molecule has 2 heterocycles. The van der Waals surface area contributed by atoms with E-state index in [1.54, 1.807) is 17.6 Å². The Morgan fingerprint density at radius 3 is 2.40 bits per heavy atom. The van der Waals surface area contributed by atoms with Crippen molar-refractivity contribution in [1.82, 2.24) is 13.5 Å². The third kappa shape index (κ3) is 3.49. The number of carbonyl (C=O) groups excluding carboxylic acids is 1. The van der Waals surface area contributed by atoms with Gasteiger partial charge in [-0.25, -0.2) is 14.1 Å². The maximum absolute atomic E-state index is 11.5. The lowest BCUT2D eigenvalue weighted by atomic mass is 10.1. The maximum atomic E-state index is 11.5. The molecule has 0 aliphatic rings. The Labute approximate surface area is 145 Å². The molecule has 0 saturated heterocycles. The number of para-hydroxylation sites is 1. The summed E-state index contributed by atoms with van der Waals surface area (Å²) in [4.78, 5) is 13.3. The molecule has 0 bridgehead atoms. The van der Waals surface area contributed by atoms with Crippen LogP contribution in [-0.2, 0) is 26.8 Å². The minimum Gasteiger partial charge on any atom is -0.471 e. The fourth-order valence-corrected chi connectivity index (χ4v) is 3.21. The van der Waals surface area contributed by atoms with Crippen LogP contribution in [0, 0.1) is 6.92 Å². The quantitative estimate of drug-likeness (QED) is 0.658. The lowest BCUT2D eigenvalue weighted by Crippen LogP contribution is -2.21. The molecule has 25 heavy (non-hydrogen) atoms. The molecule has 2 aromatic heterocycles. The molecule has 0 atom stereocenters. The average molecular weight is 365 g/mol. The summed E-state index contributed by atoms with van der Waals surface area (Å²) in [6.07, 6.45) is 1.44. The normalized spacial score (nSPS) is 11.0. The van der Waals surface area contributed by atoms with Gasteiger partial charge in [0.1, 0.15) is 0 Å². The van der Waals surface area contributed by atoms with Crippen LogP contribution in [0.2, 0.25) is 0 Å². The molecule has 0 unspecified atom stereocenters. The molecule has 0 aliphatic heterocycles. The standard InChI is InChI=1S/C13H15N5O2S.C2H4O2/c1-8-9(6-7-18(8)21(15,19)20)10-4-3-5-11-12(10)16-13(14)17(11)2;1-4-2-3/h3-7H,1-2H3,(H2,14,16)(H2,15,19,20);2H,1H3. The number of nitrogen functional groups attached to an aromatic ring is 1. The Morgan fingerprint density at radius 2 is 1.88 bits per heavy atom. The highest BCUT2D eigenvalue weighted by molar-refractivity contribution is 7.87. The summed E-state index contributed by atoms with van der Waals surface area (Å²) in [5, 5.41) is 5.19. The fourth-order valence-electron chi connectivity index (χ4n) is 2.50. The van der Waals surface area contributed by atoms with Gasteiger partial charge in [-0.3, -0.25) is 4.79 Å². The van der Waals surface area contributed by atoms with Gasteiger partial charge in [0.15, 0.2) is 0 Å². The fraction of sp³-hybridized carbons (Fsp3) is 0.200. The minimum absolute atomic E-state index is 0.375. The third-order valence-corrected chi connectivity index (χ3v) is 4.65. The number of carbonyl (C=O) groups is 1. The number of hydrogen-bond acceptors (Lipinski definition) is 6. The molecule has 0 amide bonds. The van der Waals surface area contributed by atoms with Crippen LogP contribution in [0.4, 0.5) is 5.95 Å². The van der Waals surface area contributed by atoms with E-state index in [0.29, 0.717) is 18.1 Å². The van der Waals surface area contributed by atoms with Crippen LogP contribution < -0.4 is 10.9 Å². The molecule has 0 saturated carbocycles. The average Bonchev–Trinajstić information content (AvgIpc) is 3.08. The van der Waals surface area contributed by atoms with Crippen LogP contribution in [0.3, 0.4) is 0 Å². The minimum atomic E-state index is -3.81. The lowest BCUT2D eigenvalue weighted by molar-refractivity contribution is -0.126. The van der Waals surface area contributed by atoms with Gasteiger partial charge in [0, 0.05) is 30.1 Å². The van der Waals surface area contributed by atoms with Gasteiger partial charge in [-0.05, 0) is 19.1 Å². The van der Waals surface area contributed by atoms with Gasteiger partial charge in [-0.15, -0.1) is 0 Å². The number of ether oxygens (including phenoxy) is 1. The maximum Gasteiger partial charge on any atom is 0.302 e. The van der Waals surface area contributed by atoms with Crippen molar-refractivity contribution >= 4 is 33.7 Å². The van der Waals surface area contributed by atoms with Crippen molar-refractivity contribution in [3.63, 3.8) is 0 Å². The van der Waals surface area contributed by atoms with Crippen molar-refractivity contribution in [2.45, 2.75) is 6.92 Å². The van der Waals surface area contributed by atoms with E-state index in [1.165, 1.54) is 13.3 Å². The van der Waals surface area contributed by atoms with E-state index in [1.807, 2.05) is 25.2 Å². The number of methoxy groups -OCH3 is 1. The summed E-state index contributed by atoms with van der Waals surface area (Å²) >= 11 is 0. The first kappa shape index (κ1) is 18.5. The predicted molar refractivity (Wildman–Crippen MR) is 94.9 cm³/mol. The molecule has 0 aliphatic carbocycles. The van der Waals surface area contributed by atoms with Crippen LogP contribution in [0.25, 0.3) is 22.2 Å². The van der Waals surface area contributed by atoms with Crippen LogP contribution >= 0.6 is 0 Å². The highest BCUT2D eigenvalue weighted by Gasteiger charge is 2.17. The smallest absolute Gasteiger partial charge is 0.302 e. The van der Waals surface area contributed by atoms with Gasteiger partial charge in [-0.2, -0.15) is 8.42 Å². The van der Waals surface area contributed by atoms with Gasteiger partial charge >= 0.3 is 10.2 Å². The van der Waals surface area contributed by atoms with Crippen molar-refractivity contribution in [2.75, 3.05) is 12.8 Å². The number of nitrogens with two attached hydrogens (primary N) is 2. The van der Waals surface area contributed by atoms with Crippen LogP contribution in [0.1, 0.15) is 5.69 Å². The summed E-state index contributed by atoms with van der Waals surface area (Å²) in [6.45, 7) is 2.07. The van der Waals surface area contributed by atoms with Crippen molar-refractivity contribution < 1.29 is 17.9 Å². The van der Waals surface area contributed by atoms with E-state index in [2.05, 4.69) is 9.72 Å². The van der Waals surface area contributed by atoms with Gasteiger partial charge in [0.05, 0.1) is 18.1 Å². The summed E-state index contributed by atoms with van der Waals surface area (Å²) in [7, 11) is -0.668. The van der Waals surface area contributed by atoms with E-state index in [-0.39, 0.29) is 0 Å². The molecular weight excluding hydrogens is 346 g/mol. The van der Waals surface area contributed by atoms with Gasteiger partial charge in [-0.1, -0.05) is 12.1 Å². The van der Waals surface area contributed by atoms with E-state index < -0.39 is 10.2 Å². The van der Waals surface area contributed by atoms with Gasteiger partial charge in [0.2, 0.25) is 5.95 Å². The predicted octanol–water partition coefficient (Wildman–Crippen LogP) is 0.773. The van der Waals surface area contributed by atoms with E-state index in [4.69, 9.17) is 15.7 Å². The van der Waals surface area contributed by atoms with Gasteiger partial charge < -0.3 is 15.0 Å². The topological polar surface area (TPSA) is 135 Å². The highest BCUT2D eigenvalue weighted by atomic mass is 32.2. The number of rotatable bonds is 3. The van der Waals surface area contributed by atoms with Crippen molar-refractivity contribution in [2.24, 2.45) is 12.2 Å². The van der Waals surface area contributed by atoms with Crippen molar-refractivity contribution in [3.05, 3.63) is 36.2 Å². The zero-order chi connectivity index (χ0) is 18.8. The first-order valence-corrected chi connectivity index (χ1v) is 8.61. The van der Waals surface area contributed by atoms with Gasteiger partial charge in [0.25, 0.3) is 6.47 Å². The number of nitrogens with zero attached hydrogens (tertiary/aromatic N) is 3. The molecule has 0 spiro atoms. The van der Waals surface area contributed by atoms with Crippen LogP contribution in [-0.4, -0.2) is 35.5 Å². The highest BCUT2D eigenvalue weighted by Crippen LogP contribution is 2.31. The Hall–Kier alpha value is -2.85. The zero-order valence-corrected chi connectivity index (χ0v) is 14.8. The summed E-state index contributed by atoms with van der Waals surface area (Å²) in [5.74, 6) is 0.404. The molecule has 0 fully saturated rings. The number of fused-ring (bicyclic) bond motifs is 1. The molecule has 0 radical (unpaired) electrons. The molecule has 4 N–H and O–H groups in total. The Morgan fingerprint density at radius 1 is 1.24 bits per heavy atom. The monoisotopic (exact) mass is 365 g/mol. The molecule has 10 heteroatoms. The second-order valence-electron chi connectivity index (χ2n) is 5.19. The number of aromatic nitrogens is 3. The third-order valence-electron chi connectivity index (χ3n) is 3.70. The SMILES string of the molecule is COC=O.Cc1c(-c2cccc3c2nc(N)n3C)ccn1S(N)(=O)=O. The molecule has 9 nitrogen and oxygen atoms in total. The number of benzene rings is 1. The second kappa shape index (κ2) is 6.95. The van der Waals surface area contributed by atoms with Crippen LogP contribution in [0.5, 0.6) is 0 Å². The number of anilines is 1. The summed E-state index contributed by atoms with van der Waals surface area (Å²) in [5.41, 5.74) is 9.57. The zero-order valence-electron chi connectivity index (χ0n) is 14.0. The molecule has 134 valence electrons. The second-order valence-corrected chi connectivity index (χ2v) is 6.61. The van der Waals surface area contributed by atoms with E-state index in [0.717, 1.165) is 26.1 Å². The first-order chi connectivity index (χ1) is 11.7. The molecule has 3 rings (SSSR count). The van der Waals surface area contributed by atoms with Crippen molar-refractivity contribution in [1.29, 1.82) is 0 Å².